The number of hydrogen-bond acceptors (Lipinski definition) is 7. The van der Waals surface area contributed by atoms with Gasteiger partial charge in [-0.05, 0) is 36.4 Å². The summed E-state index contributed by atoms with van der Waals surface area (Å²) >= 11 is 1.31. The Balaban J connectivity index is 1.60. The molecule has 0 bridgehead atoms. The fourth-order valence-corrected chi connectivity index (χ4v) is 3.70. The molecule has 28 heavy (non-hydrogen) atoms. The molecule has 4 heterocycles. The van der Waals surface area contributed by atoms with Crippen LogP contribution in [-0.4, -0.2) is 36.1 Å². The average molecular weight is 387 g/mol. The normalized spacial score (nSPS) is 11.3. The van der Waals surface area contributed by atoms with E-state index in [1.807, 2.05) is 36.4 Å². The van der Waals surface area contributed by atoms with Crippen molar-refractivity contribution in [3.63, 3.8) is 0 Å². The minimum Gasteiger partial charge on any atom is -0.461 e. The molecule has 0 radical (unpaired) electrons. The Hall–Kier alpha value is -3.52. The lowest BCUT2D eigenvalue weighted by molar-refractivity contribution is 0.0992. The molecule has 1 aromatic carbocycles. The number of pyridine rings is 1. The molecule has 8 heteroatoms. The highest BCUT2D eigenvalue weighted by atomic mass is 32.2. The Morgan fingerprint density at radius 2 is 1.89 bits per heavy atom. The van der Waals surface area contributed by atoms with Crippen molar-refractivity contribution in [2.75, 3.05) is 5.75 Å². The van der Waals surface area contributed by atoms with E-state index >= 15 is 0 Å². The molecule has 7 nitrogen and oxygen atoms in total. The number of rotatable bonds is 5. The number of aromatic nitrogens is 5. The lowest BCUT2D eigenvalue weighted by Gasteiger charge is -2.05. The number of benzene rings is 1. The maximum Gasteiger partial charge on any atom is 0.208 e. The summed E-state index contributed by atoms with van der Waals surface area (Å²) in [7, 11) is 0. The maximum atomic E-state index is 12.3. The van der Waals surface area contributed by atoms with E-state index in [1.54, 1.807) is 29.0 Å². The van der Waals surface area contributed by atoms with E-state index in [9.17, 15) is 4.79 Å². The van der Waals surface area contributed by atoms with Crippen LogP contribution in [0.2, 0.25) is 0 Å². The van der Waals surface area contributed by atoms with Gasteiger partial charge in [0.1, 0.15) is 0 Å². The third-order valence-electron chi connectivity index (χ3n) is 4.22. The van der Waals surface area contributed by atoms with Gasteiger partial charge in [-0.3, -0.25) is 9.78 Å². The predicted octanol–water partition coefficient (Wildman–Crippen LogP) is 3.91. The fraction of sp³-hybridized carbons (Fsp3) is 0.0500. The highest BCUT2D eigenvalue weighted by Crippen LogP contribution is 2.26. The number of furan rings is 1. The quantitative estimate of drug-likeness (QED) is 0.257. The largest absolute Gasteiger partial charge is 0.461 e. The first kappa shape index (κ1) is 16.6. The van der Waals surface area contributed by atoms with Crippen LogP contribution in [-0.2, 0) is 0 Å². The second-order valence-electron chi connectivity index (χ2n) is 6.01. The molecule has 0 N–H and O–H groups in total. The maximum absolute atomic E-state index is 12.3. The SMILES string of the molecule is O=C(CSc1nc2ccccc2c2nc(-c3ccncc3)nn12)c1ccco1. The summed E-state index contributed by atoms with van der Waals surface area (Å²) in [5, 5.41) is 6.13. The molecule has 0 saturated heterocycles. The van der Waals surface area contributed by atoms with Crippen molar-refractivity contribution < 1.29 is 9.21 Å². The topological polar surface area (TPSA) is 86.2 Å². The van der Waals surface area contributed by atoms with Crippen molar-refractivity contribution in [3.8, 4) is 11.4 Å². The van der Waals surface area contributed by atoms with Crippen LogP contribution in [0.4, 0.5) is 0 Å². The summed E-state index contributed by atoms with van der Waals surface area (Å²) < 4.78 is 6.87. The van der Waals surface area contributed by atoms with Crippen molar-refractivity contribution in [1.29, 1.82) is 0 Å². The Kier molecular flexibility index (Phi) is 4.10. The number of hydrogen-bond donors (Lipinski definition) is 0. The second-order valence-corrected chi connectivity index (χ2v) is 6.95. The van der Waals surface area contributed by atoms with Crippen LogP contribution < -0.4 is 0 Å². The number of carbonyl (C=O) groups excluding carboxylic acids is 1. The molecule has 136 valence electrons. The number of Topliss-reactive ketones (excluding diaryl/α,β-unsaturated/α-hetero) is 1. The number of nitrogens with zero attached hydrogens (tertiary/aromatic N) is 5. The van der Waals surface area contributed by atoms with Gasteiger partial charge < -0.3 is 4.42 Å². The number of ketones is 1. The molecular weight excluding hydrogens is 374 g/mol. The van der Waals surface area contributed by atoms with Gasteiger partial charge in [0.2, 0.25) is 5.78 Å². The van der Waals surface area contributed by atoms with Gasteiger partial charge in [-0.15, -0.1) is 5.10 Å². The number of carbonyl (C=O) groups is 1. The van der Waals surface area contributed by atoms with E-state index in [2.05, 4.69) is 10.1 Å². The molecule has 5 rings (SSSR count). The van der Waals surface area contributed by atoms with Gasteiger partial charge in [0.15, 0.2) is 22.4 Å². The minimum atomic E-state index is -0.104. The summed E-state index contributed by atoms with van der Waals surface area (Å²) in [5.41, 5.74) is 2.37. The Labute approximate surface area is 163 Å². The van der Waals surface area contributed by atoms with Crippen molar-refractivity contribution in [1.82, 2.24) is 24.6 Å². The zero-order chi connectivity index (χ0) is 18.9. The highest BCUT2D eigenvalue weighted by molar-refractivity contribution is 7.99. The van der Waals surface area contributed by atoms with Gasteiger partial charge in [0.25, 0.3) is 0 Å². The van der Waals surface area contributed by atoms with Crippen LogP contribution in [0.3, 0.4) is 0 Å². The molecule has 4 aromatic heterocycles. The highest BCUT2D eigenvalue weighted by Gasteiger charge is 2.17. The van der Waals surface area contributed by atoms with E-state index in [1.165, 1.54) is 18.0 Å². The van der Waals surface area contributed by atoms with E-state index in [-0.39, 0.29) is 11.5 Å². The molecule has 0 fully saturated rings. The molecule has 5 aromatic rings. The number of fused-ring (bicyclic) bond motifs is 3. The number of thioether (sulfide) groups is 1. The molecule has 0 spiro atoms. The third-order valence-corrected chi connectivity index (χ3v) is 5.15. The van der Waals surface area contributed by atoms with Gasteiger partial charge in [-0.2, -0.15) is 4.52 Å². The van der Waals surface area contributed by atoms with E-state index in [4.69, 9.17) is 14.4 Å². The molecule has 0 amide bonds. The van der Waals surface area contributed by atoms with E-state index < -0.39 is 0 Å². The van der Waals surface area contributed by atoms with Crippen LogP contribution >= 0.6 is 11.8 Å². The van der Waals surface area contributed by atoms with Crippen molar-refractivity contribution in [3.05, 3.63) is 72.9 Å². The lowest BCUT2D eigenvalue weighted by atomic mass is 10.2. The van der Waals surface area contributed by atoms with Crippen molar-refractivity contribution >= 4 is 34.1 Å². The molecular formula is C20H13N5O2S. The van der Waals surface area contributed by atoms with Gasteiger partial charge in [-0.25, -0.2) is 9.97 Å². The van der Waals surface area contributed by atoms with Gasteiger partial charge in [0, 0.05) is 23.3 Å². The van der Waals surface area contributed by atoms with Crippen molar-refractivity contribution in [2.45, 2.75) is 5.16 Å². The first-order chi connectivity index (χ1) is 13.8. The summed E-state index contributed by atoms with van der Waals surface area (Å²) in [6.45, 7) is 0. The molecule has 0 saturated carbocycles. The minimum absolute atomic E-state index is 0.104. The summed E-state index contributed by atoms with van der Waals surface area (Å²) in [6.07, 6.45) is 4.90. The zero-order valence-corrected chi connectivity index (χ0v) is 15.3. The smallest absolute Gasteiger partial charge is 0.208 e. The second kappa shape index (κ2) is 6.90. The molecule has 0 aliphatic heterocycles. The Morgan fingerprint density at radius 3 is 2.71 bits per heavy atom. The monoisotopic (exact) mass is 387 g/mol. The Bertz CT molecular complexity index is 1280. The molecule has 0 aliphatic rings. The molecule has 0 aliphatic carbocycles. The first-order valence-electron chi connectivity index (χ1n) is 8.55. The summed E-state index contributed by atoms with van der Waals surface area (Å²) in [6, 6.07) is 14.8. The molecule has 0 unspecified atom stereocenters. The van der Waals surface area contributed by atoms with E-state index in [0.29, 0.717) is 22.4 Å². The average Bonchev–Trinajstić information content (AvgIpc) is 3.43. The standard InChI is InChI=1S/C20H13N5O2S/c26-16(17-6-3-11-27-17)12-28-20-22-15-5-2-1-4-14(15)19-23-18(24-25(19)20)13-7-9-21-10-8-13/h1-11H,12H2. The van der Waals surface area contributed by atoms with Crippen LogP contribution in [0.1, 0.15) is 10.6 Å². The van der Waals surface area contributed by atoms with Crippen LogP contribution in [0.25, 0.3) is 27.9 Å². The van der Waals surface area contributed by atoms with Crippen LogP contribution in [0, 0.1) is 0 Å². The number of para-hydroxylation sites is 1. The van der Waals surface area contributed by atoms with Gasteiger partial charge in [0.05, 0.1) is 17.5 Å². The van der Waals surface area contributed by atoms with Crippen LogP contribution in [0.5, 0.6) is 0 Å². The predicted molar refractivity (Wildman–Crippen MR) is 105 cm³/mol. The van der Waals surface area contributed by atoms with Gasteiger partial charge in [-0.1, -0.05) is 23.9 Å². The van der Waals surface area contributed by atoms with Crippen LogP contribution in [0.15, 0.2) is 76.8 Å². The van der Waals surface area contributed by atoms with Gasteiger partial charge >= 0.3 is 0 Å². The first-order valence-corrected chi connectivity index (χ1v) is 9.53. The summed E-state index contributed by atoms with van der Waals surface area (Å²) in [4.78, 5) is 25.8. The molecule has 0 atom stereocenters. The fourth-order valence-electron chi connectivity index (χ4n) is 2.89. The lowest BCUT2D eigenvalue weighted by Crippen LogP contribution is -2.04. The summed E-state index contributed by atoms with van der Waals surface area (Å²) in [5.74, 6) is 1.01. The third kappa shape index (κ3) is 2.93. The van der Waals surface area contributed by atoms with Crippen molar-refractivity contribution in [2.24, 2.45) is 0 Å². The zero-order valence-electron chi connectivity index (χ0n) is 14.5. The van der Waals surface area contributed by atoms with E-state index in [0.717, 1.165) is 16.5 Å². The Morgan fingerprint density at radius 1 is 1.04 bits per heavy atom.